The Labute approximate surface area is 124 Å². The van der Waals surface area contributed by atoms with Crippen molar-refractivity contribution in [3.8, 4) is 0 Å². The molecule has 0 aliphatic rings. The standard InChI is InChI=1S/C14H14BrNO2S/c1-18-14(17)11-4-2-10(3-5-11)8-16-9-12-6-7-13(15)19-12/h2-7,16H,8-9H2,1H3. The van der Waals surface area contributed by atoms with Crippen molar-refractivity contribution >= 4 is 33.2 Å². The fourth-order valence-corrected chi connectivity index (χ4v) is 3.11. The highest BCUT2D eigenvalue weighted by atomic mass is 79.9. The summed E-state index contributed by atoms with van der Waals surface area (Å²) in [5, 5.41) is 3.37. The number of rotatable bonds is 5. The van der Waals surface area contributed by atoms with Crippen LogP contribution in [0.3, 0.4) is 0 Å². The molecular formula is C14H14BrNO2S. The fourth-order valence-electron chi connectivity index (χ4n) is 1.65. The van der Waals surface area contributed by atoms with Gasteiger partial charge in [-0.05, 0) is 45.8 Å². The van der Waals surface area contributed by atoms with E-state index in [1.165, 1.54) is 12.0 Å². The van der Waals surface area contributed by atoms with Gasteiger partial charge in [0.25, 0.3) is 0 Å². The Morgan fingerprint density at radius 2 is 1.95 bits per heavy atom. The summed E-state index contributed by atoms with van der Waals surface area (Å²) >= 11 is 5.17. The molecule has 0 amide bonds. The van der Waals surface area contributed by atoms with E-state index in [2.05, 4.69) is 32.0 Å². The Bertz CT molecular complexity index is 551. The fraction of sp³-hybridized carbons (Fsp3) is 0.214. The number of carbonyl (C=O) groups excluding carboxylic acids is 1. The summed E-state index contributed by atoms with van der Waals surface area (Å²) in [4.78, 5) is 12.6. The lowest BCUT2D eigenvalue weighted by molar-refractivity contribution is 0.0600. The van der Waals surface area contributed by atoms with Crippen LogP contribution in [0.2, 0.25) is 0 Å². The predicted octanol–water partition coefficient (Wildman–Crippen LogP) is 3.59. The number of esters is 1. The smallest absolute Gasteiger partial charge is 0.337 e. The van der Waals surface area contributed by atoms with Gasteiger partial charge in [-0.25, -0.2) is 4.79 Å². The third-order valence-corrected chi connectivity index (χ3v) is 4.26. The second-order valence-electron chi connectivity index (χ2n) is 4.00. The van der Waals surface area contributed by atoms with E-state index < -0.39 is 0 Å². The Balaban J connectivity index is 1.84. The Hall–Kier alpha value is -1.17. The number of benzene rings is 1. The highest BCUT2D eigenvalue weighted by Crippen LogP contribution is 2.21. The van der Waals surface area contributed by atoms with E-state index in [4.69, 9.17) is 0 Å². The van der Waals surface area contributed by atoms with Gasteiger partial charge in [-0.2, -0.15) is 0 Å². The highest BCUT2D eigenvalue weighted by Gasteiger charge is 2.04. The minimum absolute atomic E-state index is 0.303. The summed E-state index contributed by atoms with van der Waals surface area (Å²) in [6.45, 7) is 1.62. The molecule has 1 N–H and O–H groups in total. The quantitative estimate of drug-likeness (QED) is 0.846. The first-order chi connectivity index (χ1) is 9.19. The predicted molar refractivity (Wildman–Crippen MR) is 80.3 cm³/mol. The van der Waals surface area contributed by atoms with Crippen molar-refractivity contribution in [1.82, 2.24) is 5.32 Å². The van der Waals surface area contributed by atoms with Gasteiger partial charge in [0, 0.05) is 18.0 Å². The SMILES string of the molecule is COC(=O)c1ccc(CNCc2ccc(Br)s2)cc1. The zero-order chi connectivity index (χ0) is 13.7. The molecule has 3 nitrogen and oxygen atoms in total. The van der Waals surface area contributed by atoms with Crippen LogP contribution in [0.15, 0.2) is 40.2 Å². The maximum absolute atomic E-state index is 11.3. The van der Waals surface area contributed by atoms with Crippen molar-refractivity contribution in [2.45, 2.75) is 13.1 Å². The van der Waals surface area contributed by atoms with Gasteiger partial charge in [-0.15, -0.1) is 11.3 Å². The molecule has 2 rings (SSSR count). The minimum atomic E-state index is -0.303. The van der Waals surface area contributed by atoms with Crippen LogP contribution in [0, 0.1) is 0 Å². The van der Waals surface area contributed by atoms with E-state index in [1.54, 1.807) is 23.5 Å². The molecule has 0 aliphatic carbocycles. The van der Waals surface area contributed by atoms with Gasteiger partial charge in [0.1, 0.15) is 0 Å². The lowest BCUT2D eigenvalue weighted by Crippen LogP contribution is -2.12. The molecule has 0 aliphatic heterocycles. The summed E-state index contributed by atoms with van der Waals surface area (Å²) in [5.41, 5.74) is 1.72. The van der Waals surface area contributed by atoms with Crippen LogP contribution in [0.1, 0.15) is 20.8 Å². The van der Waals surface area contributed by atoms with Crippen molar-refractivity contribution in [2.24, 2.45) is 0 Å². The van der Waals surface area contributed by atoms with Gasteiger partial charge in [-0.3, -0.25) is 0 Å². The molecule has 0 saturated carbocycles. The van der Waals surface area contributed by atoms with E-state index in [-0.39, 0.29) is 5.97 Å². The van der Waals surface area contributed by atoms with Crippen LogP contribution in [-0.2, 0) is 17.8 Å². The average molecular weight is 340 g/mol. The van der Waals surface area contributed by atoms with Crippen LogP contribution < -0.4 is 5.32 Å². The summed E-state index contributed by atoms with van der Waals surface area (Å²) in [6.07, 6.45) is 0. The van der Waals surface area contributed by atoms with E-state index in [9.17, 15) is 4.79 Å². The van der Waals surface area contributed by atoms with Gasteiger partial charge in [-0.1, -0.05) is 12.1 Å². The Kier molecular flexibility index (Phi) is 5.13. The first kappa shape index (κ1) is 14.2. The van der Waals surface area contributed by atoms with Crippen LogP contribution in [0.5, 0.6) is 0 Å². The number of nitrogens with one attached hydrogen (secondary N) is 1. The number of halogens is 1. The summed E-state index contributed by atoms with van der Waals surface area (Å²) in [6, 6.07) is 11.6. The molecule has 1 aromatic carbocycles. The lowest BCUT2D eigenvalue weighted by Gasteiger charge is -2.04. The topological polar surface area (TPSA) is 38.3 Å². The summed E-state index contributed by atoms with van der Waals surface area (Å²) in [7, 11) is 1.39. The maximum atomic E-state index is 11.3. The Morgan fingerprint density at radius 3 is 2.53 bits per heavy atom. The first-order valence-electron chi connectivity index (χ1n) is 5.81. The van der Waals surface area contributed by atoms with Crippen molar-refractivity contribution in [1.29, 1.82) is 0 Å². The van der Waals surface area contributed by atoms with Gasteiger partial charge in [0.15, 0.2) is 0 Å². The molecule has 5 heteroatoms. The molecular weight excluding hydrogens is 326 g/mol. The van der Waals surface area contributed by atoms with E-state index in [1.807, 2.05) is 18.2 Å². The number of hydrogen-bond donors (Lipinski definition) is 1. The minimum Gasteiger partial charge on any atom is -0.465 e. The molecule has 0 fully saturated rings. The van der Waals surface area contributed by atoms with Crippen molar-refractivity contribution in [2.75, 3.05) is 7.11 Å². The number of hydrogen-bond acceptors (Lipinski definition) is 4. The molecule has 2 aromatic rings. The monoisotopic (exact) mass is 339 g/mol. The molecule has 19 heavy (non-hydrogen) atoms. The normalized spacial score (nSPS) is 10.4. The van der Waals surface area contributed by atoms with Crippen LogP contribution in [0.25, 0.3) is 0 Å². The van der Waals surface area contributed by atoms with Gasteiger partial charge in [0.2, 0.25) is 0 Å². The number of carbonyl (C=O) groups is 1. The van der Waals surface area contributed by atoms with Crippen LogP contribution in [-0.4, -0.2) is 13.1 Å². The molecule has 0 radical (unpaired) electrons. The zero-order valence-electron chi connectivity index (χ0n) is 10.5. The number of ether oxygens (including phenoxy) is 1. The van der Waals surface area contributed by atoms with Gasteiger partial charge >= 0.3 is 5.97 Å². The van der Waals surface area contributed by atoms with Crippen LogP contribution in [0.4, 0.5) is 0 Å². The summed E-state index contributed by atoms with van der Waals surface area (Å²) in [5.74, 6) is -0.303. The van der Waals surface area contributed by atoms with Crippen LogP contribution >= 0.6 is 27.3 Å². The highest BCUT2D eigenvalue weighted by molar-refractivity contribution is 9.11. The van der Waals surface area contributed by atoms with Gasteiger partial charge < -0.3 is 10.1 Å². The molecule has 0 unspecified atom stereocenters. The van der Waals surface area contributed by atoms with E-state index >= 15 is 0 Å². The number of thiophene rings is 1. The molecule has 1 heterocycles. The Morgan fingerprint density at radius 1 is 1.21 bits per heavy atom. The first-order valence-corrected chi connectivity index (χ1v) is 7.42. The van der Waals surface area contributed by atoms with Crippen molar-refractivity contribution < 1.29 is 9.53 Å². The van der Waals surface area contributed by atoms with E-state index in [0.29, 0.717) is 5.56 Å². The van der Waals surface area contributed by atoms with E-state index in [0.717, 1.165) is 22.4 Å². The maximum Gasteiger partial charge on any atom is 0.337 e. The zero-order valence-corrected chi connectivity index (χ0v) is 12.9. The number of methoxy groups -OCH3 is 1. The van der Waals surface area contributed by atoms with Crippen molar-refractivity contribution in [3.63, 3.8) is 0 Å². The molecule has 1 aromatic heterocycles. The lowest BCUT2D eigenvalue weighted by atomic mass is 10.1. The average Bonchev–Trinajstić information content (AvgIpc) is 2.84. The van der Waals surface area contributed by atoms with Gasteiger partial charge in [0.05, 0.1) is 16.5 Å². The second kappa shape index (κ2) is 6.84. The molecule has 0 spiro atoms. The third-order valence-electron chi connectivity index (χ3n) is 2.63. The second-order valence-corrected chi connectivity index (χ2v) is 6.55. The molecule has 0 saturated heterocycles. The summed E-state index contributed by atoms with van der Waals surface area (Å²) < 4.78 is 5.80. The largest absolute Gasteiger partial charge is 0.465 e. The third kappa shape index (κ3) is 4.16. The molecule has 0 bridgehead atoms. The molecule has 0 atom stereocenters. The van der Waals surface area contributed by atoms with Crippen molar-refractivity contribution in [3.05, 3.63) is 56.2 Å². The molecule has 100 valence electrons.